The number of likely N-dealkylation sites (tertiary alicyclic amines) is 1. The van der Waals surface area contributed by atoms with Gasteiger partial charge in [-0.15, -0.1) is 24.0 Å². The first-order valence-electron chi connectivity index (χ1n) is 10.2. The smallest absolute Gasteiger partial charge is 0.191 e. The number of aliphatic imine (C=N–C) groups is 1. The molecule has 0 saturated carbocycles. The van der Waals surface area contributed by atoms with Crippen molar-refractivity contribution in [3.8, 4) is 0 Å². The van der Waals surface area contributed by atoms with Crippen LogP contribution in [0.3, 0.4) is 0 Å². The van der Waals surface area contributed by atoms with Gasteiger partial charge in [-0.3, -0.25) is 4.90 Å². The number of furan rings is 1. The van der Waals surface area contributed by atoms with E-state index in [4.69, 9.17) is 9.41 Å². The Balaban J connectivity index is 0.00000280. The Kier molecular flexibility index (Phi) is 10.4. The van der Waals surface area contributed by atoms with Crippen LogP contribution >= 0.6 is 24.0 Å². The summed E-state index contributed by atoms with van der Waals surface area (Å²) in [7, 11) is 0. The summed E-state index contributed by atoms with van der Waals surface area (Å²) >= 11 is 0. The molecule has 1 saturated heterocycles. The van der Waals surface area contributed by atoms with Crippen molar-refractivity contribution < 1.29 is 4.42 Å². The number of hydrogen-bond acceptors (Lipinski definition) is 3. The molecular formula is C22H33IN4O. The fraction of sp³-hybridized carbons (Fsp3) is 0.500. The van der Waals surface area contributed by atoms with Crippen molar-refractivity contribution in [2.75, 3.05) is 26.2 Å². The van der Waals surface area contributed by atoms with Crippen LogP contribution in [0.2, 0.25) is 0 Å². The Morgan fingerprint density at radius 1 is 1.04 bits per heavy atom. The van der Waals surface area contributed by atoms with Crippen LogP contribution < -0.4 is 10.6 Å². The van der Waals surface area contributed by atoms with Crippen LogP contribution in [-0.2, 0) is 19.5 Å². The molecule has 28 heavy (non-hydrogen) atoms. The van der Waals surface area contributed by atoms with Gasteiger partial charge in [0.05, 0.1) is 12.8 Å². The van der Waals surface area contributed by atoms with Gasteiger partial charge < -0.3 is 15.1 Å². The SMILES string of the molecule is CCCNC(=NCc1ccc(CN2CCCC2)cc1)NCCc1ccco1.I. The molecule has 0 atom stereocenters. The molecule has 0 spiro atoms. The average molecular weight is 496 g/mol. The van der Waals surface area contributed by atoms with Gasteiger partial charge in [0.25, 0.3) is 0 Å². The summed E-state index contributed by atoms with van der Waals surface area (Å²) in [6, 6.07) is 12.8. The van der Waals surface area contributed by atoms with Gasteiger partial charge in [-0.2, -0.15) is 0 Å². The quantitative estimate of drug-likeness (QED) is 0.311. The highest BCUT2D eigenvalue weighted by Crippen LogP contribution is 2.13. The van der Waals surface area contributed by atoms with Crippen molar-refractivity contribution in [1.29, 1.82) is 0 Å². The van der Waals surface area contributed by atoms with E-state index >= 15 is 0 Å². The maximum absolute atomic E-state index is 5.38. The van der Waals surface area contributed by atoms with Gasteiger partial charge >= 0.3 is 0 Å². The Labute approximate surface area is 186 Å². The number of guanidine groups is 1. The van der Waals surface area contributed by atoms with Crippen molar-refractivity contribution in [1.82, 2.24) is 15.5 Å². The molecule has 2 N–H and O–H groups in total. The lowest BCUT2D eigenvalue weighted by molar-refractivity contribution is 0.331. The van der Waals surface area contributed by atoms with Crippen LogP contribution in [0.5, 0.6) is 0 Å². The molecule has 154 valence electrons. The van der Waals surface area contributed by atoms with Crippen LogP contribution in [-0.4, -0.2) is 37.0 Å². The van der Waals surface area contributed by atoms with E-state index in [1.165, 1.54) is 37.1 Å². The topological polar surface area (TPSA) is 52.8 Å². The average Bonchev–Trinajstić information content (AvgIpc) is 3.39. The van der Waals surface area contributed by atoms with Gasteiger partial charge in [0, 0.05) is 26.1 Å². The van der Waals surface area contributed by atoms with Gasteiger partial charge in [0.2, 0.25) is 0 Å². The van der Waals surface area contributed by atoms with Gasteiger partial charge in [-0.1, -0.05) is 31.2 Å². The second kappa shape index (κ2) is 12.8. The first-order chi connectivity index (χ1) is 13.3. The number of nitrogens with one attached hydrogen (secondary N) is 2. The number of nitrogens with zero attached hydrogens (tertiary/aromatic N) is 2. The van der Waals surface area contributed by atoms with Gasteiger partial charge in [0.1, 0.15) is 5.76 Å². The molecule has 2 aromatic rings. The van der Waals surface area contributed by atoms with E-state index in [0.29, 0.717) is 6.54 Å². The maximum atomic E-state index is 5.38. The van der Waals surface area contributed by atoms with E-state index in [9.17, 15) is 0 Å². The van der Waals surface area contributed by atoms with Crippen LogP contribution in [0.4, 0.5) is 0 Å². The summed E-state index contributed by atoms with van der Waals surface area (Å²) in [5, 5.41) is 6.78. The van der Waals surface area contributed by atoms with E-state index in [2.05, 4.69) is 46.7 Å². The highest BCUT2D eigenvalue weighted by Gasteiger charge is 2.11. The molecule has 0 unspecified atom stereocenters. The van der Waals surface area contributed by atoms with Crippen molar-refractivity contribution >= 4 is 29.9 Å². The van der Waals surface area contributed by atoms with Gasteiger partial charge in [-0.05, 0) is 55.6 Å². The number of rotatable bonds is 9. The zero-order chi connectivity index (χ0) is 18.7. The summed E-state index contributed by atoms with van der Waals surface area (Å²) in [5.41, 5.74) is 2.63. The molecule has 3 rings (SSSR count). The molecule has 5 nitrogen and oxygen atoms in total. The molecule has 0 amide bonds. The minimum absolute atomic E-state index is 0. The molecule has 1 aromatic heterocycles. The predicted molar refractivity (Wildman–Crippen MR) is 126 cm³/mol. The number of hydrogen-bond donors (Lipinski definition) is 2. The zero-order valence-electron chi connectivity index (χ0n) is 16.8. The van der Waals surface area contributed by atoms with Crippen molar-refractivity contribution in [2.24, 2.45) is 4.99 Å². The second-order valence-corrected chi connectivity index (χ2v) is 7.15. The van der Waals surface area contributed by atoms with E-state index in [1.54, 1.807) is 6.26 Å². The summed E-state index contributed by atoms with van der Waals surface area (Å²) < 4.78 is 5.38. The summed E-state index contributed by atoms with van der Waals surface area (Å²) in [4.78, 5) is 7.27. The van der Waals surface area contributed by atoms with Crippen molar-refractivity contribution in [3.63, 3.8) is 0 Å². The van der Waals surface area contributed by atoms with Gasteiger partial charge in [0.15, 0.2) is 5.96 Å². The number of benzene rings is 1. The largest absolute Gasteiger partial charge is 0.469 e. The Bertz CT molecular complexity index is 679. The minimum Gasteiger partial charge on any atom is -0.469 e. The highest BCUT2D eigenvalue weighted by atomic mass is 127. The molecule has 1 aromatic carbocycles. The van der Waals surface area contributed by atoms with E-state index in [0.717, 1.165) is 44.2 Å². The van der Waals surface area contributed by atoms with Crippen LogP contribution in [0.1, 0.15) is 43.1 Å². The number of halogens is 1. The first kappa shape index (κ1) is 22.7. The normalized spacial score (nSPS) is 14.7. The fourth-order valence-electron chi connectivity index (χ4n) is 3.30. The Hall–Kier alpha value is -1.54. The third-order valence-corrected chi connectivity index (χ3v) is 4.83. The highest BCUT2D eigenvalue weighted by molar-refractivity contribution is 14.0. The van der Waals surface area contributed by atoms with Crippen molar-refractivity contribution in [2.45, 2.75) is 45.7 Å². The lowest BCUT2D eigenvalue weighted by Gasteiger charge is -2.14. The van der Waals surface area contributed by atoms with Gasteiger partial charge in [-0.25, -0.2) is 4.99 Å². The maximum Gasteiger partial charge on any atom is 0.191 e. The summed E-state index contributed by atoms with van der Waals surface area (Å²) in [5.74, 6) is 1.86. The molecule has 1 aliphatic rings. The second-order valence-electron chi connectivity index (χ2n) is 7.15. The molecule has 0 radical (unpaired) electrons. The van der Waals surface area contributed by atoms with Crippen molar-refractivity contribution in [3.05, 3.63) is 59.5 Å². The molecule has 1 aliphatic heterocycles. The van der Waals surface area contributed by atoms with Crippen LogP contribution in [0.25, 0.3) is 0 Å². The lowest BCUT2D eigenvalue weighted by Crippen LogP contribution is -2.38. The zero-order valence-corrected chi connectivity index (χ0v) is 19.2. The molecule has 0 aliphatic carbocycles. The lowest BCUT2D eigenvalue weighted by atomic mass is 10.1. The Morgan fingerprint density at radius 2 is 1.75 bits per heavy atom. The molecule has 2 heterocycles. The molecule has 0 bridgehead atoms. The summed E-state index contributed by atoms with van der Waals surface area (Å²) in [6.07, 6.45) is 6.32. The Morgan fingerprint density at radius 3 is 2.43 bits per heavy atom. The van der Waals surface area contributed by atoms with E-state index < -0.39 is 0 Å². The molecule has 1 fully saturated rings. The first-order valence-corrected chi connectivity index (χ1v) is 10.2. The minimum atomic E-state index is 0. The van der Waals surface area contributed by atoms with E-state index in [1.807, 2.05) is 12.1 Å². The predicted octanol–water partition coefficient (Wildman–Crippen LogP) is 4.18. The third kappa shape index (κ3) is 7.83. The van der Waals surface area contributed by atoms with E-state index in [-0.39, 0.29) is 24.0 Å². The third-order valence-electron chi connectivity index (χ3n) is 4.83. The summed E-state index contributed by atoms with van der Waals surface area (Å²) in [6.45, 7) is 8.11. The standard InChI is InChI=1S/C22H32N4O.HI/c1-2-12-23-22(24-13-11-21-6-5-16-27-21)25-17-19-7-9-20(10-8-19)18-26-14-3-4-15-26;/h5-10,16H,2-4,11-15,17-18H2,1H3,(H2,23,24,25);1H. The fourth-order valence-corrected chi connectivity index (χ4v) is 3.30. The molecule has 6 heteroatoms. The monoisotopic (exact) mass is 496 g/mol. The van der Waals surface area contributed by atoms with Crippen LogP contribution in [0.15, 0.2) is 52.1 Å². The molecular weight excluding hydrogens is 463 g/mol. The van der Waals surface area contributed by atoms with Crippen LogP contribution in [0, 0.1) is 0 Å².